The van der Waals surface area contributed by atoms with Crippen LogP contribution in [0, 0.1) is 11.3 Å². The molecule has 0 heterocycles. The predicted molar refractivity (Wildman–Crippen MR) is 68.8 cm³/mol. The van der Waals surface area contributed by atoms with Gasteiger partial charge in [-0.2, -0.15) is 0 Å². The first-order valence-corrected chi connectivity index (χ1v) is 7.39. The molecule has 17 heavy (non-hydrogen) atoms. The molecule has 0 aliphatic heterocycles. The highest BCUT2D eigenvalue weighted by molar-refractivity contribution is 5.82. The van der Waals surface area contributed by atoms with Crippen LogP contribution in [0.5, 0.6) is 0 Å². The zero-order valence-electron chi connectivity index (χ0n) is 11.1. The van der Waals surface area contributed by atoms with Crippen LogP contribution < -0.4 is 0 Å². The van der Waals surface area contributed by atoms with Crippen molar-refractivity contribution in [2.75, 3.05) is 0 Å². The summed E-state index contributed by atoms with van der Waals surface area (Å²) in [5.41, 5.74) is 0.236. The molecule has 0 aromatic rings. The van der Waals surface area contributed by atoms with Crippen molar-refractivity contribution in [1.29, 1.82) is 0 Å². The van der Waals surface area contributed by atoms with Crippen LogP contribution in [0.3, 0.4) is 0 Å². The average molecular weight is 238 g/mol. The molecule has 2 heteroatoms. The summed E-state index contributed by atoms with van der Waals surface area (Å²) in [6, 6.07) is 0. The van der Waals surface area contributed by atoms with Gasteiger partial charge < -0.3 is 5.11 Å². The van der Waals surface area contributed by atoms with Crippen LogP contribution in [-0.2, 0) is 4.79 Å². The lowest BCUT2D eigenvalue weighted by molar-refractivity contribution is -0.120. The van der Waals surface area contributed by atoms with Crippen molar-refractivity contribution in [3.63, 3.8) is 0 Å². The molecule has 2 rings (SSSR count). The number of rotatable bonds is 6. The van der Waals surface area contributed by atoms with Crippen LogP contribution in [0.1, 0.15) is 71.1 Å². The lowest BCUT2D eigenvalue weighted by Gasteiger charge is -2.45. The van der Waals surface area contributed by atoms with E-state index >= 15 is 0 Å². The van der Waals surface area contributed by atoms with Crippen molar-refractivity contribution in [2.24, 2.45) is 11.3 Å². The van der Waals surface area contributed by atoms with Gasteiger partial charge in [0, 0.05) is 12.3 Å². The second kappa shape index (κ2) is 5.51. The van der Waals surface area contributed by atoms with E-state index in [0.717, 1.165) is 44.9 Å². The van der Waals surface area contributed by atoms with Gasteiger partial charge in [0.1, 0.15) is 5.78 Å². The summed E-state index contributed by atoms with van der Waals surface area (Å²) in [6.07, 6.45) is 10.6. The van der Waals surface area contributed by atoms with Crippen molar-refractivity contribution < 1.29 is 9.90 Å². The fraction of sp³-hybridized carbons (Fsp3) is 0.933. The van der Waals surface area contributed by atoms with Crippen LogP contribution in [0.2, 0.25) is 0 Å². The van der Waals surface area contributed by atoms with Gasteiger partial charge in [0.05, 0.1) is 6.10 Å². The number of carbonyl (C=O) groups is 1. The topological polar surface area (TPSA) is 37.3 Å². The second-order valence-corrected chi connectivity index (χ2v) is 6.07. The van der Waals surface area contributed by atoms with Gasteiger partial charge >= 0.3 is 0 Å². The highest BCUT2D eigenvalue weighted by Gasteiger charge is 2.41. The Bertz CT molecular complexity index is 263. The monoisotopic (exact) mass is 238 g/mol. The SMILES string of the molecule is CCC1(C(O)CCC[C@@H]2CCCC2=O)CCC1. The number of hydrogen-bond donors (Lipinski definition) is 1. The fourth-order valence-corrected chi connectivity index (χ4v) is 3.61. The Labute approximate surface area is 105 Å². The van der Waals surface area contributed by atoms with Gasteiger partial charge in [-0.3, -0.25) is 4.79 Å². The van der Waals surface area contributed by atoms with Crippen LogP contribution in [-0.4, -0.2) is 17.0 Å². The summed E-state index contributed by atoms with van der Waals surface area (Å²) in [5, 5.41) is 10.3. The number of aliphatic hydroxyl groups is 1. The third-order valence-electron chi connectivity index (χ3n) is 5.22. The Kier molecular flexibility index (Phi) is 4.24. The van der Waals surface area contributed by atoms with Gasteiger partial charge in [0.25, 0.3) is 0 Å². The summed E-state index contributed by atoms with van der Waals surface area (Å²) >= 11 is 0. The standard InChI is InChI=1S/C15H26O2/c1-2-15(10-5-11-15)14(17)9-4-7-12-6-3-8-13(12)16/h12,14,17H,2-11H2,1H3/t12-,14?/m0/s1. The van der Waals surface area contributed by atoms with Gasteiger partial charge in [-0.05, 0) is 50.4 Å². The van der Waals surface area contributed by atoms with Crippen molar-refractivity contribution in [1.82, 2.24) is 0 Å². The Morgan fingerprint density at radius 3 is 2.65 bits per heavy atom. The minimum Gasteiger partial charge on any atom is -0.393 e. The van der Waals surface area contributed by atoms with Crippen molar-refractivity contribution >= 4 is 5.78 Å². The largest absolute Gasteiger partial charge is 0.393 e. The maximum atomic E-state index is 11.5. The van der Waals surface area contributed by atoms with E-state index in [9.17, 15) is 9.90 Å². The first kappa shape index (κ1) is 13.1. The normalized spacial score (nSPS) is 29.1. The van der Waals surface area contributed by atoms with Gasteiger partial charge in [-0.25, -0.2) is 0 Å². The molecule has 0 aromatic heterocycles. The summed E-state index contributed by atoms with van der Waals surface area (Å²) in [6.45, 7) is 2.20. The zero-order chi connectivity index (χ0) is 12.3. The lowest BCUT2D eigenvalue weighted by atomic mass is 9.62. The third-order valence-corrected chi connectivity index (χ3v) is 5.22. The third kappa shape index (κ3) is 2.73. The fourth-order valence-electron chi connectivity index (χ4n) is 3.61. The van der Waals surface area contributed by atoms with E-state index in [1.54, 1.807) is 0 Å². The minimum absolute atomic E-state index is 0.127. The Hall–Kier alpha value is -0.370. The summed E-state index contributed by atoms with van der Waals surface area (Å²) < 4.78 is 0. The molecule has 98 valence electrons. The molecule has 2 nitrogen and oxygen atoms in total. The zero-order valence-corrected chi connectivity index (χ0v) is 11.1. The quantitative estimate of drug-likeness (QED) is 0.769. The first-order chi connectivity index (χ1) is 8.18. The number of Topliss-reactive ketones (excluding diaryl/α,β-unsaturated/α-hetero) is 1. The van der Waals surface area contributed by atoms with E-state index in [1.165, 1.54) is 19.3 Å². The molecule has 2 fully saturated rings. The molecule has 1 unspecified atom stereocenters. The molecule has 0 spiro atoms. The first-order valence-electron chi connectivity index (χ1n) is 7.39. The van der Waals surface area contributed by atoms with Gasteiger partial charge in [-0.15, -0.1) is 0 Å². The van der Waals surface area contributed by atoms with Gasteiger partial charge in [0.15, 0.2) is 0 Å². The van der Waals surface area contributed by atoms with Crippen molar-refractivity contribution in [3.05, 3.63) is 0 Å². The van der Waals surface area contributed by atoms with Crippen molar-refractivity contribution in [3.8, 4) is 0 Å². The molecule has 2 saturated carbocycles. The Balaban J connectivity index is 1.69. The predicted octanol–water partition coefficient (Wildman–Crippen LogP) is 3.47. The van der Waals surface area contributed by atoms with E-state index in [-0.39, 0.29) is 11.5 Å². The Morgan fingerprint density at radius 2 is 2.18 bits per heavy atom. The number of aliphatic hydroxyl groups excluding tert-OH is 1. The molecule has 2 aliphatic carbocycles. The number of hydrogen-bond acceptors (Lipinski definition) is 2. The average Bonchev–Trinajstić information content (AvgIpc) is 2.64. The highest BCUT2D eigenvalue weighted by atomic mass is 16.3. The molecule has 1 N–H and O–H groups in total. The van der Waals surface area contributed by atoms with E-state index in [4.69, 9.17) is 0 Å². The summed E-state index contributed by atoms with van der Waals surface area (Å²) in [7, 11) is 0. The van der Waals surface area contributed by atoms with Gasteiger partial charge in [-0.1, -0.05) is 19.8 Å². The number of carbonyl (C=O) groups excluding carboxylic acids is 1. The highest BCUT2D eigenvalue weighted by Crippen LogP contribution is 2.48. The van der Waals surface area contributed by atoms with Crippen LogP contribution in [0.15, 0.2) is 0 Å². The molecule has 0 saturated heterocycles. The minimum atomic E-state index is -0.127. The summed E-state index contributed by atoms with van der Waals surface area (Å²) in [4.78, 5) is 11.5. The van der Waals surface area contributed by atoms with Crippen LogP contribution in [0.25, 0.3) is 0 Å². The smallest absolute Gasteiger partial charge is 0.135 e. The molecular weight excluding hydrogens is 212 g/mol. The maximum absolute atomic E-state index is 11.5. The lowest BCUT2D eigenvalue weighted by Crippen LogP contribution is -2.40. The molecule has 2 atom stereocenters. The number of ketones is 1. The molecule has 0 radical (unpaired) electrons. The maximum Gasteiger partial charge on any atom is 0.135 e. The van der Waals surface area contributed by atoms with Crippen LogP contribution >= 0.6 is 0 Å². The summed E-state index contributed by atoms with van der Waals surface area (Å²) in [5.74, 6) is 0.787. The van der Waals surface area contributed by atoms with Crippen molar-refractivity contribution in [2.45, 2.75) is 77.2 Å². The second-order valence-electron chi connectivity index (χ2n) is 6.07. The molecule has 0 amide bonds. The van der Waals surface area contributed by atoms with Crippen LogP contribution in [0.4, 0.5) is 0 Å². The van der Waals surface area contributed by atoms with Gasteiger partial charge in [0.2, 0.25) is 0 Å². The molecule has 0 bridgehead atoms. The van der Waals surface area contributed by atoms with E-state index in [2.05, 4.69) is 6.92 Å². The molecular formula is C15H26O2. The molecule has 2 aliphatic rings. The van der Waals surface area contributed by atoms with E-state index in [1.807, 2.05) is 0 Å². The van der Waals surface area contributed by atoms with E-state index in [0.29, 0.717) is 11.7 Å². The van der Waals surface area contributed by atoms with E-state index < -0.39 is 0 Å². The Morgan fingerprint density at radius 1 is 1.41 bits per heavy atom. The molecule has 0 aromatic carbocycles.